The molecular weight excluding hydrogens is 550 g/mol. The van der Waals surface area contributed by atoms with Crippen LogP contribution in [0.4, 0.5) is 0 Å². The monoisotopic (exact) mass is 573 g/mol. The Morgan fingerprint density at radius 3 is 2.12 bits per heavy atom. The molecule has 1 aromatic carbocycles. The van der Waals surface area contributed by atoms with Crippen LogP contribution in [0.2, 0.25) is 0 Å². The van der Waals surface area contributed by atoms with E-state index in [0.29, 0.717) is 12.1 Å². The molecule has 0 aliphatic heterocycles. The number of carbonyl (C=O) groups excluding carboxylic acids is 1. The zero-order valence-electron chi connectivity index (χ0n) is 17.9. The van der Waals surface area contributed by atoms with Gasteiger partial charge in [-0.25, -0.2) is 24.9 Å². The van der Waals surface area contributed by atoms with Crippen molar-refractivity contribution in [3.63, 3.8) is 0 Å². The van der Waals surface area contributed by atoms with Gasteiger partial charge in [0.2, 0.25) is 0 Å². The minimum Gasteiger partial charge on any atom is -0.352 e. The molecule has 0 saturated carbocycles. The molecule has 3 aromatic heterocycles. The van der Waals surface area contributed by atoms with Crippen LogP contribution in [0.15, 0.2) is 85.8 Å². The summed E-state index contributed by atoms with van der Waals surface area (Å²) in [5.41, 5.74) is 2.57. The molecule has 166 valence electrons. The second kappa shape index (κ2) is 11.3. The van der Waals surface area contributed by atoms with Crippen molar-refractivity contribution in [3.8, 4) is 0 Å². The van der Waals surface area contributed by atoms with Gasteiger partial charge in [0.1, 0.15) is 21.7 Å². The van der Waals surface area contributed by atoms with E-state index in [1.165, 1.54) is 5.30 Å². The van der Waals surface area contributed by atoms with Crippen LogP contribution in [-0.2, 0) is 0 Å². The molecule has 0 aliphatic carbocycles. The second-order valence-electron chi connectivity index (χ2n) is 7.34. The summed E-state index contributed by atoms with van der Waals surface area (Å²) in [4.78, 5) is 34.2. The number of aromatic nitrogens is 5. The average Bonchev–Trinajstić information content (AvgIpc) is 2.88. The van der Waals surface area contributed by atoms with E-state index in [0.717, 1.165) is 33.6 Å². The number of nitrogens with one attached hydrogen (secondary N) is 1. The summed E-state index contributed by atoms with van der Waals surface area (Å²) in [7, 11) is -2.11. The fraction of sp³-hybridized carbons (Fsp3) is 0.167. The number of benzene rings is 1. The Hall–Kier alpha value is -2.84. The predicted octanol–water partition coefficient (Wildman–Crippen LogP) is 2.77. The van der Waals surface area contributed by atoms with Crippen LogP contribution in [0.5, 0.6) is 0 Å². The van der Waals surface area contributed by atoms with Crippen molar-refractivity contribution in [2.24, 2.45) is 0 Å². The summed E-state index contributed by atoms with van der Waals surface area (Å²) < 4.78 is 0.861. The Kier molecular flexibility index (Phi) is 8.01. The van der Waals surface area contributed by atoms with Gasteiger partial charge in [-0.1, -0.05) is 18.2 Å². The van der Waals surface area contributed by atoms with E-state index in [2.05, 4.69) is 77.1 Å². The Morgan fingerprint density at radius 1 is 0.848 bits per heavy atom. The van der Waals surface area contributed by atoms with Crippen molar-refractivity contribution in [2.75, 3.05) is 12.7 Å². The zero-order chi connectivity index (χ0) is 22.9. The first kappa shape index (κ1) is 23.3. The van der Waals surface area contributed by atoms with Gasteiger partial charge in [0, 0.05) is 37.3 Å². The number of hydrogen-bond acceptors (Lipinski definition) is 6. The van der Waals surface area contributed by atoms with Crippen molar-refractivity contribution in [1.82, 2.24) is 30.2 Å². The van der Waals surface area contributed by atoms with E-state index in [9.17, 15) is 4.79 Å². The lowest BCUT2D eigenvalue weighted by molar-refractivity contribution is 0.0953. The quantitative estimate of drug-likeness (QED) is 0.143. The molecule has 0 fully saturated rings. The maximum absolute atomic E-state index is 12.4. The lowest BCUT2D eigenvalue weighted by atomic mass is 10.2. The van der Waals surface area contributed by atoms with Crippen LogP contribution in [0, 0.1) is 3.70 Å². The molecule has 0 radical (unpaired) electrons. The highest BCUT2D eigenvalue weighted by molar-refractivity contribution is 14.1. The van der Waals surface area contributed by atoms with Gasteiger partial charge < -0.3 is 5.32 Å². The van der Waals surface area contributed by atoms with E-state index in [4.69, 9.17) is 0 Å². The van der Waals surface area contributed by atoms with E-state index >= 15 is 0 Å². The molecule has 1 amide bonds. The van der Waals surface area contributed by atoms with Gasteiger partial charge in [-0.3, -0.25) is 4.79 Å². The molecule has 0 atom stereocenters. The van der Waals surface area contributed by atoms with Gasteiger partial charge in [-0.2, -0.15) is 0 Å². The number of nitrogens with zero attached hydrogens (tertiary/aromatic N) is 5. The molecule has 3 heterocycles. The van der Waals surface area contributed by atoms with Gasteiger partial charge in [0.25, 0.3) is 5.91 Å². The first-order valence-corrected chi connectivity index (χ1v) is 13.6. The smallest absolute Gasteiger partial charge is 0.252 e. The molecule has 4 rings (SSSR count). The summed E-state index contributed by atoms with van der Waals surface area (Å²) in [5, 5.41) is 4.22. The van der Waals surface area contributed by atoms with Crippen molar-refractivity contribution in [1.29, 1.82) is 0 Å². The van der Waals surface area contributed by atoms with Crippen LogP contribution in [-0.4, -0.2) is 43.5 Å². The Balaban J connectivity index is 1.53. The highest BCUT2D eigenvalue weighted by atomic mass is 131. The number of pyridine rings is 1. The maximum atomic E-state index is 12.4. The van der Waals surface area contributed by atoms with E-state index in [1.807, 2.05) is 24.3 Å². The predicted molar refractivity (Wildman–Crippen MR) is 140 cm³/mol. The van der Waals surface area contributed by atoms with Crippen LogP contribution in [0.3, 0.4) is 0 Å². The normalized spacial score (nSPS) is 11.2. The number of amides is 1. The molecule has 0 saturated heterocycles. The molecule has 0 bridgehead atoms. The summed E-state index contributed by atoms with van der Waals surface area (Å²) in [5.74, 6) is -0.102. The van der Waals surface area contributed by atoms with E-state index in [-0.39, 0.29) is 5.91 Å². The summed E-state index contributed by atoms with van der Waals surface area (Å²) >= 11 is 2.12. The molecule has 0 unspecified atom stereocenters. The first-order valence-electron chi connectivity index (χ1n) is 10.6. The van der Waals surface area contributed by atoms with E-state index < -0.39 is 7.26 Å². The lowest BCUT2D eigenvalue weighted by Crippen LogP contribution is -2.36. The van der Waals surface area contributed by atoms with Crippen LogP contribution >= 0.6 is 29.9 Å². The zero-order valence-corrected chi connectivity index (χ0v) is 20.9. The molecule has 4 aromatic rings. The third kappa shape index (κ3) is 5.57. The molecule has 0 spiro atoms. The number of rotatable bonds is 9. The van der Waals surface area contributed by atoms with Crippen molar-refractivity contribution in [3.05, 3.63) is 95.1 Å². The first-order chi connectivity index (χ1) is 16.2. The van der Waals surface area contributed by atoms with Crippen molar-refractivity contribution in [2.45, 2.75) is 12.8 Å². The summed E-state index contributed by atoms with van der Waals surface area (Å²) in [6, 6.07) is 18.1. The fourth-order valence-corrected chi connectivity index (χ4v) is 8.05. The Morgan fingerprint density at radius 2 is 1.55 bits per heavy atom. The SMILES string of the molecule is O=C(NCCCC[P+](c1ccccc1)(c1ccncn1)c1ccncn1)c1ccc([131I])nc1. The maximum Gasteiger partial charge on any atom is 0.252 e. The molecule has 9 heteroatoms. The van der Waals surface area contributed by atoms with Gasteiger partial charge in [0.05, 0.1) is 11.7 Å². The molecule has 7 nitrogen and oxygen atoms in total. The number of halogens is 1. The largest absolute Gasteiger partial charge is 0.352 e. The molecular formula is C24H23IN6OP+. The Bertz CT molecular complexity index is 1070. The second-order valence-corrected chi connectivity index (χ2v) is 11.9. The third-order valence-electron chi connectivity index (χ3n) is 5.31. The van der Waals surface area contributed by atoms with Crippen LogP contribution in [0.1, 0.15) is 23.2 Å². The average molecular weight is 573 g/mol. The lowest BCUT2D eigenvalue weighted by Gasteiger charge is -2.25. The number of carbonyl (C=O) groups is 1. The topological polar surface area (TPSA) is 93.6 Å². The highest BCUT2D eigenvalue weighted by Crippen LogP contribution is 2.54. The van der Waals surface area contributed by atoms with Crippen molar-refractivity contribution < 1.29 is 4.79 Å². The number of hydrogen-bond donors (Lipinski definition) is 1. The summed E-state index contributed by atoms with van der Waals surface area (Å²) in [6.45, 7) is 0.590. The minimum atomic E-state index is -2.11. The van der Waals surface area contributed by atoms with Gasteiger partial charge in [-0.15, -0.1) is 0 Å². The van der Waals surface area contributed by atoms with Gasteiger partial charge in [0.15, 0.2) is 18.1 Å². The standard InChI is InChI=1S/C24H22IN6OP/c25-21-9-8-19(16-29-21)24(32)28-12-4-5-15-33(20-6-2-1-3-7-20,22-10-13-26-17-30-22)23-11-14-27-18-31-23/h1-3,6-11,13-14,16-18H,4-5,12,15H2/p+1/i25+4. The van der Waals surface area contributed by atoms with Crippen LogP contribution < -0.4 is 21.5 Å². The summed E-state index contributed by atoms with van der Waals surface area (Å²) in [6.07, 6.45) is 11.0. The number of unbranched alkanes of at least 4 members (excludes halogenated alkanes) is 1. The molecule has 0 aliphatic rings. The van der Waals surface area contributed by atoms with E-state index in [1.54, 1.807) is 37.3 Å². The fourth-order valence-electron chi connectivity index (χ4n) is 3.73. The minimum absolute atomic E-state index is 0.102. The van der Waals surface area contributed by atoms with Crippen LogP contribution in [0.25, 0.3) is 0 Å². The van der Waals surface area contributed by atoms with Crippen molar-refractivity contribution >= 4 is 51.9 Å². The third-order valence-corrected chi connectivity index (χ3v) is 10.2. The van der Waals surface area contributed by atoms with Gasteiger partial charge >= 0.3 is 0 Å². The van der Waals surface area contributed by atoms with Gasteiger partial charge in [-0.05, 0) is 59.7 Å². The molecule has 1 N–H and O–H groups in total. The highest BCUT2D eigenvalue weighted by Gasteiger charge is 2.47. The molecule has 33 heavy (non-hydrogen) atoms. The Labute approximate surface area is 207 Å².